The molecule has 3 aliphatic heterocycles. The summed E-state index contributed by atoms with van der Waals surface area (Å²) in [7, 11) is 0. The van der Waals surface area contributed by atoms with E-state index in [1.165, 1.54) is 149 Å². The van der Waals surface area contributed by atoms with E-state index in [4.69, 9.17) is 4.74 Å². The van der Waals surface area contributed by atoms with E-state index >= 15 is 0 Å². The Kier molecular flexibility index (Phi) is 17.4. The molecule has 3 heterocycles. The molecule has 4 fully saturated rings. The van der Waals surface area contributed by atoms with Crippen molar-refractivity contribution in [2.24, 2.45) is 5.92 Å². The lowest BCUT2D eigenvalue weighted by Gasteiger charge is -2.52. The van der Waals surface area contributed by atoms with Gasteiger partial charge in [-0.05, 0) is 208 Å². The van der Waals surface area contributed by atoms with Crippen LogP contribution in [-0.2, 0) is 6.42 Å². The summed E-state index contributed by atoms with van der Waals surface area (Å²) in [4.78, 5) is 12.2. The van der Waals surface area contributed by atoms with Gasteiger partial charge in [-0.3, -0.25) is 0 Å². The first-order valence-corrected chi connectivity index (χ1v) is 29.9. The minimum Gasteiger partial charge on any atom is -0.486 e. The first-order valence-electron chi connectivity index (χ1n) is 29.0. The highest BCUT2D eigenvalue weighted by Crippen LogP contribution is 2.50. The second-order valence-electron chi connectivity index (χ2n) is 26.6. The van der Waals surface area contributed by atoms with Gasteiger partial charge in [0.15, 0.2) is 0 Å². The van der Waals surface area contributed by atoms with Gasteiger partial charge in [0.25, 0.3) is 0 Å². The third kappa shape index (κ3) is 12.7. The van der Waals surface area contributed by atoms with Crippen molar-refractivity contribution in [3.8, 4) is 5.75 Å². The zero-order valence-corrected chi connectivity index (χ0v) is 48.4. The fourth-order valence-electron chi connectivity index (χ4n) is 14.2. The van der Waals surface area contributed by atoms with Gasteiger partial charge in [0.2, 0.25) is 0 Å². The molecule has 0 amide bonds. The van der Waals surface area contributed by atoms with E-state index in [1.807, 2.05) is 0 Å². The van der Waals surface area contributed by atoms with Gasteiger partial charge < -0.3 is 24.3 Å². The first kappa shape index (κ1) is 54.5. The highest BCUT2D eigenvalue weighted by atomic mass is 32.2. The van der Waals surface area contributed by atoms with Crippen molar-refractivity contribution in [3.63, 3.8) is 0 Å². The van der Waals surface area contributed by atoms with Crippen molar-refractivity contribution in [1.82, 2.24) is 0 Å². The predicted molar refractivity (Wildman–Crippen MR) is 314 cm³/mol. The number of benzene rings is 4. The molecule has 5 nitrogen and oxygen atoms in total. The number of hydrogen-bond donors (Lipinski definition) is 0. The van der Waals surface area contributed by atoms with Crippen LogP contribution in [0.1, 0.15) is 203 Å². The minimum atomic E-state index is 0.153. The summed E-state index contributed by atoms with van der Waals surface area (Å²) in [6.07, 6.45) is 24.9. The van der Waals surface area contributed by atoms with E-state index < -0.39 is 0 Å². The molecule has 394 valence electrons. The molecule has 0 aromatic heterocycles. The van der Waals surface area contributed by atoms with Crippen molar-refractivity contribution in [3.05, 3.63) is 108 Å². The third-order valence-corrected chi connectivity index (χ3v) is 18.4. The fourth-order valence-corrected chi connectivity index (χ4v) is 15.7. The molecule has 11 rings (SSSR count). The summed E-state index contributed by atoms with van der Waals surface area (Å²) >= 11 is 2.12. The topological polar surface area (TPSA) is 22.2 Å². The quantitative estimate of drug-likeness (QED) is 0.198. The summed E-state index contributed by atoms with van der Waals surface area (Å²) < 4.78 is 6.22. The van der Waals surface area contributed by atoms with Crippen molar-refractivity contribution < 1.29 is 4.74 Å². The Morgan fingerprint density at radius 1 is 0.472 bits per heavy atom. The maximum Gasteiger partial charge on any atom is 0.143 e. The van der Waals surface area contributed by atoms with Gasteiger partial charge in [0.05, 0.1) is 17.4 Å². The molecule has 0 N–H and O–H groups in total. The molecule has 7 aliphatic rings. The molecule has 0 bridgehead atoms. The largest absolute Gasteiger partial charge is 0.486 e. The van der Waals surface area contributed by atoms with Gasteiger partial charge in [-0.25, -0.2) is 0 Å². The number of rotatable bonds is 2. The average molecular weight is 996 g/mol. The molecule has 4 aromatic carbocycles. The van der Waals surface area contributed by atoms with Crippen molar-refractivity contribution >= 4 is 34.5 Å². The summed E-state index contributed by atoms with van der Waals surface area (Å²) in [6, 6.07) is 38.1. The SMILES string of the molecule is CC(C)(C)N1c2ccccc2CC2CCCCC21.CC(C)(C)N1c2ccccc2OC2CCCCC21.CC(C)(C)N1c2ccccc2SC2CCCCC21.Cc1ccccc1N(C1CCCCC1)C(C)(C)C. The first-order chi connectivity index (χ1) is 34.2. The van der Waals surface area contributed by atoms with Gasteiger partial charge in [0.1, 0.15) is 11.9 Å². The standard InChI is InChI=1S/C17H25N.C17H27N.C16H23NO.C16H23NS/c1-17(2,3)18-15-10-6-4-8-13(15)12-14-9-5-7-11-16(14)18;1-14-10-8-9-13-16(14)18(17(2,3)4)15-11-6-5-7-12-15;2*1-16(2,3)17-12-8-4-6-10-14(12)18-15-11-7-5-9-13(15)17/h4,6,8,10,14,16H,5,7,9,11-12H2,1-3H3;8-10,13,15H,5-7,11-12H2,1-4H3;2*4,6,8,10,13,15H,5,7,9,11H2,1-3H3. The normalized spacial score (nSPS) is 25.0. The molecule has 4 aromatic rings. The Hall–Kier alpha value is -3.77. The van der Waals surface area contributed by atoms with Crippen LogP contribution in [0, 0.1) is 12.8 Å². The maximum absolute atomic E-state index is 6.22. The number of ether oxygens (including phenoxy) is 1. The third-order valence-electron chi connectivity index (χ3n) is 16.9. The lowest BCUT2D eigenvalue weighted by atomic mass is 9.75. The Balaban J connectivity index is 0.000000128. The summed E-state index contributed by atoms with van der Waals surface area (Å²) in [5.74, 6) is 1.95. The van der Waals surface area contributed by atoms with Gasteiger partial charge in [0, 0.05) is 61.8 Å². The number of nitrogens with zero attached hydrogens (tertiary/aromatic N) is 4. The fraction of sp³-hybridized carbons (Fsp3) is 0.636. The lowest BCUT2D eigenvalue weighted by molar-refractivity contribution is 0.103. The van der Waals surface area contributed by atoms with Crippen LogP contribution < -0.4 is 24.3 Å². The van der Waals surface area contributed by atoms with E-state index in [0.717, 1.165) is 35.0 Å². The summed E-state index contributed by atoms with van der Waals surface area (Å²) in [5.41, 5.74) is 9.42. The molecule has 4 saturated carbocycles. The smallest absolute Gasteiger partial charge is 0.143 e. The summed E-state index contributed by atoms with van der Waals surface area (Å²) in [6.45, 7) is 30.3. The zero-order chi connectivity index (χ0) is 51.4. The zero-order valence-electron chi connectivity index (χ0n) is 47.6. The second kappa shape index (κ2) is 23.0. The molecule has 6 atom stereocenters. The molecule has 6 unspecified atom stereocenters. The molecule has 0 spiro atoms. The van der Waals surface area contributed by atoms with Crippen LogP contribution in [0.2, 0.25) is 0 Å². The van der Waals surface area contributed by atoms with Crippen LogP contribution >= 0.6 is 11.8 Å². The lowest BCUT2D eigenvalue weighted by Crippen LogP contribution is -2.58. The monoisotopic (exact) mass is 995 g/mol. The van der Waals surface area contributed by atoms with Crippen molar-refractivity contribution in [2.45, 2.75) is 268 Å². The van der Waals surface area contributed by atoms with Crippen LogP contribution in [0.3, 0.4) is 0 Å². The number of aryl methyl sites for hydroxylation is 1. The predicted octanol–water partition coefficient (Wildman–Crippen LogP) is 18.0. The second-order valence-corrected chi connectivity index (χ2v) is 27.9. The van der Waals surface area contributed by atoms with Crippen LogP contribution in [0.4, 0.5) is 22.7 Å². The number of thioether (sulfide) groups is 1. The Labute approximate surface area is 444 Å². The van der Waals surface area contributed by atoms with Crippen molar-refractivity contribution in [2.75, 3.05) is 19.6 Å². The molecule has 4 aliphatic carbocycles. The van der Waals surface area contributed by atoms with Crippen molar-refractivity contribution in [1.29, 1.82) is 0 Å². The van der Waals surface area contributed by atoms with Gasteiger partial charge in [-0.15, -0.1) is 11.8 Å². The van der Waals surface area contributed by atoms with Gasteiger partial charge >= 0.3 is 0 Å². The molecule has 72 heavy (non-hydrogen) atoms. The van der Waals surface area contributed by atoms with E-state index in [0.29, 0.717) is 12.1 Å². The number of para-hydroxylation sites is 5. The van der Waals surface area contributed by atoms with Gasteiger partial charge in [-0.1, -0.05) is 112 Å². The highest BCUT2D eigenvalue weighted by Gasteiger charge is 2.44. The van der Waals surface area contributed by atoms with Crippen LogP contribution in [0.15, 0.2) is 102 Å². The highest BCUT2D eigenvalue weighted by molar-refractivity contribution is 8.00. The number of anilines is 4. The molecular formula is C66H98N4OS. The summed E-state index contributed by atoms with van der Waals surface area (Å²) in [5, 5.41) is 0.799. The van der Waals surface area contributed by atoms with Gasteiger partial charge in [-0.2, -0.15) is 0 Å². The Morgan fingerprint density at radius 2 is 0.972 bits per heavy atom. The number of hydrogen-bond acceptors (Lipinski definition) is 6. The molecular weight excluding hydrogens is 897 g/mol. The number of fused-ring (bicyclic) bond motifs is 6. The van der Waals surface area contributed by atoms with E-state index in [2.05, 4.69) is 218 Å². The average Bonchev–Trinajstić information content (AvgIpc) is 3.34. The minimum absolute atomic E-state index is 0.153. The Morgan fingerprint density at radius 3 is 1.64 bits per heavy atom. The Bertz CT molecular complexity index is 2120. The maximum atomic E-state index is 6.22. The molecule has 0 radical (unpaired) electrons. The molecule has 6 heteroatoms. The van der Waals surface area contributed by atoms with E-state index in [1.54, 1.807) is 5.56 Å². The van der Waals surface area contributed by atoms with Crippen LogP contribution in [0.25, 0.3) is 0 Å². The molecule has 0 saturated heterocycles. The van der Waals surface area contributed by atoms with E-state index in [9.17, 15) is 0 Å². The van der Waals surface area contributed by atoms with Crippen LogP contribution in [0.5, 0.6) is 5.75 Å². The van der Waals surface area contributed by atoms with Crippen LogP contribution in [-0.4, -0.2) is 57.7 Å². The van der Waals surface area contributed by atoms with E-state index in [-0.39, 0.29) is 22.2 Å².